The summed E-state index contributed by atoms with van der Waals surface area (Å²) in [6.45, 7) is 7.59. The second-order valence-corrected chi connectivity index (χ2v) is 4.11. The monoisotopic (exact) mass is 274 g/mol. The summed E-state index contributed by atoms with van der Waals surface area (Å²) in [7, 11) is 0. The number of hydrogen-bond acceptors (Lipinski definition) is 0. The molecular weight excluding hydrogens is 268 g/mol. The zero-order valence-corrected chi connectivity index (χ0v) is 9.37. The van der Waals surface area contributed by atoms with Crippen molar-refractivity contribution in [3.8, 4) is 0 Å². The van der Waals surface area contributed by atoms with Crippen LogP contribution in [0, 0.1) is 13.8 Å². The molecule has 0 saturated carbocycles. The predicted octanol–water partition coefficient (Wildman–Crippen LogP) is 3.77. The van der Waals surface area contributed by atoms with Gasteiger partial charge in [0.2, 0.25) is 0 Å². The van der Waals surface area contributed by atoms with Crippen molar-refractivity contribution in [2.24, 2.45) is 0 Å². The molecule has 58 valence electrons. The third-order valence-electron chi connectivity index (χ3n) is 1.51. The van der Waals surface area contributed by atoms with Gasteiger partial charge in [0, 0.05) is 8.95 Å². The van der Waals surface area contributed by atoms with Crippen molar-refractivity contribution in [2.75, 3.05) is 0 Å². The van der Waals surface area contributed by atoms with Crippen LogP contribution in [0.25, 0.3) is 0 Å². The maximum atomic E-state index is 5.54. The number of halogens is 2. The van der Waals surface area contributed by atoms with Crippen molar-refractivity contribution >= 4 is 31.9 Å². The van der Waals surface area contributed by atoms with Gasteiger partial charge in [-0.25, -0.2) is 0 Å². The molecule has 0 N–H and O–H groups in total. The van der Waals surface area contributed by atoms with Crippen molar-refractivity contribution in [1.82, 2.24) is 0 Å². The molecule has 0 bridgehead atoms. The third-order valence-corrected chi connectivity index (χ3v) is 3.11. The van der Waals surface area contributed by atoms with E-state index < -0.39 is 0 Å². The molecule has 0 fully saturated rings. The molecule has 0 aliphatic rings. The van der Waals surface area contributed by atoms with Gasteiger partial charge in [-0.2, -0.15) is 0 Å². The Balaban J connectivity index is 3.24. The van der Waals surface area contributed by atoms with Gasteiger partial charge in [0.1, 0.15) is 0 Å². The average molecular weight is 276 g/mol. The highest BCUT2D eigenvalue weighted by Gasteiger charge is 2.01. The van der Waals surface area contributed by atoms with E-state index in [1.54, 1.807) is 0 Å². The molecule has 1 aromatic rings. The minimum absolute atomic E-state index is 0.570. The Morgan fingerprint density at radius 2 is 2.00 bits per heavy atom. The fourth-order valence-corrected chi connectivity index (χ4v) is 1.95. The smallest absolute Gasteiger partial charge is 0.0237 e. The third kappa shape index (κ3) is 2.06. The van der Waals surface area contributed by atoms with Gasteiger partial charge in [0.05, 0.1) is 0 Å². The van der Waals surface area contributed by atoms with E-state index in [0.29, 0.717) is 6.42 Å². The Morgan fingerprint density at radius 3 is 2.55 bits per heavy atom. The molecule has 0 aliphatic heterocycles. The minimum atomic E-state index is 0.570. The van der Waals surface area contributed by atoms with Gasteiger partial charge >= 0.3 is 0 Å². The summed E-state index contributed by atoms with van der Waals surface area (Å²) in [6.07, 6.45) is 0.570. The Kier molecular flexibility index (Phi) is 3.14. The van der Waals surface area contributed by atoms with Crippen molar-refractivity contribution in [3.05, 3.63) is 39.1 Å². The second-order valence-electron chi connectivity index (χ2n) is 2.40. The van der Waals surface area contributed by atoms with E-state index in [2.05, 4.69) is 37.9 Å². The standard InChI is InChI=1S/C9H8Br2/c1-3-7-5-8(10)4-6(2)9(7)11/h1,4-5H,3H2,2H3. The average Bonchev–Trinajstić information content (AvgIpc) is 1.96. The SMILES string of the molecule is [CH]Cc1cc(Br)cc(C)c1Br. The van der Waals surface area contributed by atoms with Crippen LogP contribution in [-0.4, -0.2) is 0 Å². The molecule has 0 heterocycles. The van der Waals surface area contributed by atoms with Crippen molar-refractivity contribution < 1.29 is 0 Å². The molecule has 2 heteroatoms. The molecule has 0 atom stereocenters. The van der Waals surface area contributed by atoms with Gasteiger partial charge in [-0.3, -0.25) is 0 Å². The molecule has 2 radical (unpaired) electrons. The van der Waals surface area contributed by atoms with E-state index >= 15 is 0 Å². The summed E-state index contributed by atoms with van der Waals surface area (Å²) in [4.78, 5) is 0. The van der Waals surface area contributed by atoms with Gasteiger partial charge in [-0.1, -0.05) is 31.9 Å². The highest BCUT2D eigenvalue weighted by atomic mass is 79.9. The molecule has 0 spiro atoms. The van der Waals surface area contributed by atoms with Crippen molar-refractivity contribution in [2.45, 2.75) is 13.3 Å². The zero-order chi connectivity index (χ0) is 8.43. The Morgan fingerprint density at radius 1 is 1.36 bits per heavy atom. The van der Waals surface area contributed by atoms with Crippen molar-refractivity contribution in [3.63, 3.8) is 0 Å². The quantitative estimate of drug-likeness (QED) is 0.732. The molecule has 0 saturated heterocycles. The summed E-state index contributed by atoms with van der Waals surface area (Å²) in [5, 5.41) is 0. The first kappa shape index (κ1) is 9.27. The van der Waals surface area contributed by atoms with Crippen LogP contribution in [0.5, 0.6) is 0 Å². The number of hydrogen-bond donors (Lipinski definition) is 0. The maximum absolute atomic E-state index is 5.54. The largest absolute Gasteiger partial charge is 0.0508 e. The molecule has 0 amide bonds. The molecule has 0 nitrogen and oxygen atoms in total. The van der Waals surface area contributed by atoms with Gasteiger partial charge in [0.15, 0.2) is 0 Å². The fraction of sp³-hybridized carbons (Fsp3) is 0.222. The van der Waals surface area contributed by atoms with E-state index in [4.69, 9.17) is 6.92 Å². The van der Waals surface area contributed by atoms with Crippen LogP contribution in [0.4, 0.5) is 0 Å². The lowest BCUT2D eigenvalue weighted by Crippen LogP contribution is -1.86. The van der Waals surface area contributed by atoms with Gasteiger partial charge < -0.3 is 0 Å². The van der Waals surface area contributed by atoms with Crippen LogP contribution in [0.15, 0.2) is 21.1 Å². The van der Waals surface area contributed by atoms with E-state index in [1.165, 1.54) is 5.56 Å². The van der Waals surface area contributed by atoms with Crippen LogP contribution in [-0.2, 0) is 6.42 Å². The van der Waals surface area contributed by atoms with Crippen LogP contribution in [0.3, 0.4) is 0 Å². The van der Waals surface area contributed by atoms with Crippen LogP contribution in [0.1, 0.15) is 11.1 Å². The van der Waals surface area contributed by atoms with E-state index in [9.17, 15) is 0 Å². The van der Waals surface area contributed by atoms with Crippen LogP contribution >= 0.6 is 31.9 Å². The summed E-state index contributed by atoms with van der Waals surface area (Å²) in [5.41, 5.74) is 2.34. The number of aryl methyl sites for hydroxylation is 1. The highest BCUT2D eigenvalue weighted by Crippen LogP contribution is 2.25. The first-order valence-electron chi connectivity index (χ1n) is 3.29. The topological polar surface area (TPSA) is 0 Å². The molecule has 1 rings (SSSR count). The zero-order valence-electron chi connectivity index (χ0n) is 6.20. The van der Waals surface area contributed by atoms with E-state index in [1.807, 2.05) is 13.0 Å². The lowest BCUT2D eigenvalue weighted by molar-refractivity contribution is 1.21. The lowest BCUT2D eigenvalue weighted by Gasteiger charge is -2.04. The summed E-state index contributed by atoms with van der Waals surface area (Å²) >= 11 is 6.89. The first-order chi connectivity index (χ1) is 5.15. The first-order valence-corrected chi connectivity index (χ1v) is 4.88. The molecule has 11 heavy (non-hydrogen) atoms. The Hall–Kier alpha value is 0.180. The van der Waals surface area contributed by atoms with Gasteiger partial charge in [-0.05, 0) is 43.5 Å². The Labute approximate surface area is 84.3 Å². The number of benzene rings is 1. The number of rotatable bonds is 1. The van der Waals surface area contributed by atoms with Crippen LogP contribution < -0.4 is 0 Å². The molecule has 0 aromatic heterocycles. The molecular formula is C9H8Br2. The predicted molar refractivity (Wildman–Crippen MR) is 54.6 cm³/mol. The summed E-state index contributed by atoms with van der Waals surface area (Å²) < 4.78 is 2.20. The molecule has 0 aliphatic carbocycles. The minimum Gasteiger partial charge on any atom is -0.0508 e. The summed E-state index contributed by atoms with van der Waals surface area (Å²) in [6, 6.07) is 4.08. The summed E-state index contributed by atoms with van der Waals surface area (Å²) in [5.74, 6) is 0. The van der Waals surface area contributed by atoms with Crippen LogP contribution in [0.2, 0.25) is 0 Å². The fourth-order valence-electron chi connectivity index (χ4n) is 0.943. The van der Waals surface area contributed by atoms with Crippen molar-refractivity contribution in [1.29, 1.82) is 0 Å². The van der Waals surface area contributed by atoms with E-state index in [0.717, 1.165) is 14.5 Å². The Bertz CT molecular complexity index is 267. The molecule has 0 unspecified atom stereocenters. The normalized spacial score (nSPS) is 10.2. The maximum Gasteiger partial charge on any atom is 0.0237 e. The second kappa shape index (κ2) is 3.72. The lowest BCUT2D eigenvalue weighted by atomic mass is 10.1. The van der Waals surface area contributed by atoms with E-state index in [-0.39, 0.29) is 0 Å². The molecule has 1 aromatic carbocycles. The highest BCUT2D eigenvalue weighted by molar-refractivity contribution is 9.11. The van der Waals surface area contributed by atoms with Gasteiger partial charge in [-0.15, -0.1) is 0 Å². The van der Waals surface area contributed by atoms with Gasteiger partial charge in [0.25, 0.3) is 0 Å².